The predicted molar refractivity (Wildman–Crippen MR) is 66.1 cm³/mol. The minimum atomic E-state index is -0.351. The zero-order valence-corrected chi connectivity index (χ0v) is 10.2. The van der Waals surface area contributed by atoms with Gasteiger partial charge in [0.1, 0.15) is 0 Å². The molecule has 0 bridgehead atoms. The molecule has 0 amide bonds. The summed E-state index contributed by atoms with van der Waals surface area (Å²) in [6.07, 6.45) is 0. The maximum Gasteiger partial charge on any atom is 0.254 e. The molecule has 78 valence electrons. The summed E-state index contributed by atoms with van der Waals surface area (Å²) in [7, 11) is 0. The second kappa shape index (κ2) is 3.95. The van der Waals surface area contributed by atoms with E-state index < -0.39 is 0 Å². The highest BCUT2D eigenvalue weighted by atomic mass is 35.5. The minimum absolute atomic E-state index is 0.333. The monoisotopic (exact) mass is 238 g/mol. The van der Waals surface area contributed by atoms with Gasteiger partial charge in [0, 0.05) is 15.0 Å². The van der Waals surface area contributed by atoms with Crippen LogP contribution < -0.4 is 0 Å². The third kappa shape index (κ3) is 1.80. The van der Waals surface area contributed by atoms with E-state index in [4.69, 9.17) is 11.6 Å². The number of benzene rings is 1. The average Bonchev–Trinajstić information content (AvgIpc) is 2.56. The number of fused-ring (bicyclic) bond motifs is 1. The molecule has 0 fully saturated rings. The Morgan fingerprint density at radius 2 is 2.00 bits per heavy atom. The third-order valence-electron chi connectivity index (χ3n) is 2.34. The number of thiophene rings is 1. The van der Waals surface area contributed by atoms with Crippen LogP contribution in [-0.2, 0) is 0 Å². The maximum atomic E-state index is 11.4. The van der Waals surface area contributed by atoms with Crippen molar-refractivity contribution in [2.24, 2.45) is 0 Å². The molecule has 0 saturated heterocycles. The molecule has 0 radical (unpaired) electrons. The summed E-state index contributed by atoms with van der Waals surface area (Å²) >= 11 is 7.30. The molecule has 0 saturated carbocycles. The van der Waals surface area contributed by atoms with Crippen LogP contribution in [0.15, 0.2) is 24.3 Å². The van der Waals surface area contributed by atoms with Crippen molar-refractivity contribution in [1.82, 2.24) is 0 Å². The fourth-order valence-corrected chi connectivity index (χ4v) is 3.14. The van der Waals surface area contributed by atoms with Crippen LogP contribution in [-0.4, -0.2) is 5.24 Å². The van der Waals surface area contributed by atoms with Gasteiger partial charge in [-0.15, -0.1) is 11.3 Å². The standard InChI is InChI=1S/C12H11ClOS/c1-7(2)11-10(12(13)14)8-5-3-4-6-9(8)15-11/h3-7H,1-2H3. The Morgan fingerprint density at radius 3 is 2.60 bits per heavy atom. The number of rotatable bonds is 2. The highest BCUT2D eigenvalue weighted by Gasteiger charge is 2.18. The van der Waals surface area contributed by atoms with Crippen LogP contribution in [0.25, 0.3) is 10.1 Å². The molecular formula is C12H11ClOS. The van der Waals surface area contributed by atoms with Gasteiger partial charge in [0.05, 0.1) is 5.56 Å². The Balaban J connectivity index is 2.80. The van der Waals surface area contributed by atoms with Crippen LogP contribution in [0, 0.1) is 0 Å². The van der Waals surface area contributed by atoms with E-state index in [2.05, 4.69) is 13.8 Å². The van der Waals surface area contributed by atoms with E-state index in [9.17, 15) is 4.79 Å². The molecule has 1 aromatic heterocycles. The number of carbonyl (C=O) groups is 1. The summed E-state index contributed by atoms with van der Waals surface area (Å²) in [6, 6.07) is 7.89. The Kier molecular flexibility index (Phi) is 2.81. The Morgan fingerprint density at radius 1 is 1.33 bits per heavy atom. The number of carbonyl (C=O) groups excluding carboxylic acids is 1. The summed E-state index contributed by atoms with van der Waals surface area (Å²) < 4.78 is 1.13. The summed E-state index contributed by atoms with van der Waals surface area (Å²) in [5.41, 5.74) is 0.687. The van der Waals surface area contributed by atoms with E-state index in [1.807, 2.05) is 24.3 Å². The van der Waals surface area contributed by atoms with Crippen LogP contribution in [0.3, 0.4) is 0 Å². The molecule has 2 rings (SSSR count). The van der Waals surface area contributed by atoms with E-state index in [-0.39, 0.29) is 5.24 Å². The van der Waals surface area contributed by atoms with E-state index in [1.54, 1.807) is 11.3 Å². The molecular weight excluding hydrogens is 228 g/mol. The Bertz CT molecular complexity index is 513. The normalized spacial score (nSPS) is 11.2. The molecule has 0 spiro atoms. The van der Waals surface area contributed by atoms with Crippen LogP contribution in [0.2, 0.25) is 0 Å². The molecule has 0 unspecified atom stereocenters. The van der Waals surface area contributed by atoms with Gasteiger partial charge < -0.3 is 0 Å². The topological polar surface area (TPSA) is 17.1 Å². The lowest BCUT2D eigenvalue weighted by molar-refractivity contribution is 0.108. The fraction of sp³-hybridized carbons (Fsp3) is 0.250. The summed E-state index contributed by atoms with van der Waals surface area (Å²) in [4.78, 5) is 12.5. The van der Waals surface area contributed by atoms with Crippen molar-refractivity contribution in [3.05, 3.63) is 34.7 Å². The minimum Gasteiger partial charge on any atom is -0.276 e. The quantitative estimate of drug-likeness (QED) is 0.709. The summed E-state index contributed by atoms with van der Waals surface area (Å²) in [6.45, 7) is 4.15. The third-order valence-corrected chi connectivity index (χ3v) is 4.00. The first-order valence-electron chi connectivity index (χ1n) is 4.82. The smallest absolute Gasteiger partial charge is 0.254 e. The van der Waals surface area contributed by atoms with Crippen molar-refractivity contribution < 1.29 is 4.79 Å². The van der Waals surface area contributed by atoms with Crippen LogP contribution >= 0.6 is 22.9 Å². The molecule has 1 aromatic carbocycles. The Labute approximate surface area is 97.7 Å². The SMILES string of the molecule is CC(C)c1sc2ccccc2c1C(=O)Cl. The van der Waals surface area contributed by atoms with Gasteiger partial charge in [-0.3, -0.25) is 4.79 Å². The van der Waals surface area contributed by atoms with Gasteiger partial charge in [0.2, 0.25) is 0 Å². The van der Waals surface area contributed by atoms with Gasteiger partial charge >= 0.3 is 0 Å². The van der Waals surface area contributed by atoms with Crippen molar-refractivity contribution >= 4 is 38.3 Å². The zero-order valence-electron chi connectivity index (χ0n) is 8.58. The number of hydrogen-bond donors (Lipinski definition) is 0. The van der Waals surface area contributed by atoms with E-state index in [0.29, 0.717) is 11.5 Å². The van der Waals surface area contributed by atoms with E-state index in [1.165, 1.54) is 0 Å². The number of hydrogen-bond acceptors (Lipinski definition) is 2. The largest absolute Gasteiger partial charge is 0.276 e. The molecule has 0 aliphatic carbocycles. The van der Waals surface area contributed by atoms with Crippen LogP contribution in [0.4, 0.5) is 0 Å². The summed E-state index contributed by atoms with van der Waals surface area (Å²) in [5.74, 6) is 0.333. The van der Waals surface area contributed by atoms with Crippen molar-refractivity contribution in [2.45, 2.75) is 19.8 Å². The highest BCUT2D eigenvalue weighted by Crippen LogP contribution is 2.36. The van der Waals surface area contributed by atoms with Gasteiger partial charge in [-0.1, -0.05) is 32.0 Å². The first kappa shape index (κ1) is 10.7. The molecule has 2 aromatic rings. The van der Waals surface area contributed by atoms with Crippen LogP contribution in [0.5, 0.6) is 0 Å². The lowest BCUT2D eigenvalue weighted by Crippen LogP contribution is -1.94. The highest BCUT2D eigenvalue weighted by molar-refractivity contribution is 7.19. The molecule has 3 heteroatoms. The van der Waals surface area contributed by atoms with Crippen LogP contribution in [0.1, 0.15) is 35.0 Å². The van der Waals surface area contributed by atoms with Gasteiger partial charge in [-0.05, 0) is 23.6 Å². The lowest BCUT2D eigenvalue weighted by Gasteiger charge is -2.02. The van der Waals surface area contributed by atoms with Crippen molar-refractivity contribution in [3.63, 3.8) is 0 Å². The predicted octanol–water partition coefficient (Wildman–Crippen LogP) is 4.40. The van der Waals surface area contributed by atoms with Crippen molar-refractivity contribution in [1.29, 1.82) is 0 Å². The van der Waals surface area contributed by atoms with Crippen molar-refractivity contribution in [2.75, 3.05) is 0 Å². The number of halogens is 1. The van der Waals surface area contributed by atoms with E-state index >= 15 is 0 Å². The molecule has 0 aliphatic rings. The van der Waals surface area contributed by atoms with Gasteiger partial charge in [-0.25, -0.2) is 0 Å². The molecule has 1 heterocycles. The first-order valence-corrected chi connectivity index (χ1v) is 6.02. The van der Waals surface area contributed by atoms with E-state index in [0.717, 1.165) is 15.0 Å². The van der Waals surface area contributed by atoms with Crippen molar-refractivity contribution in [3.8, 4) is 0 Å². The molecule has 0 aliphatic heterocycles. The van der Waals surface area contributed by atoms with Gasteiger partial charge in [0.25, 0.3) is 5.24 Å². The zero-order chi connectivity index (χ0) is 11.0. The molecule has 0 atom stereocenters. The molecule has 15 heavy (non-hydrogen) atoms. The fourth-order valence-electron chi connectivity index (χ4n) is 1.67. The Hall–Kier alpha value is -0.860. The van der Waals surface area contributed by atoms with Gasteiger partial charge in [-0.2, -0.15) is 0 Å². The molecule has 0 N–H and O–H groups in total. The first-order chi connectivity index (χ1) is 7.11. The second-order valence-electron chi connectivity index (χ2n) is 3.77. The maximum absolute atomic E-state index is 11.4. The average molecular weight is 239 g/mol. The molecule has 1 nitrogen and oxygen atoms in total. The lowest BCUT2D eigenvalue weighted by atomic mass is 10.1. The summed E-state index contributed by atoms with van der Waals surface area (Å²) in [5, 5.41) is 0.627. The van der Waals surface area contributed by atoms with Gasteiger partial charge in [0.15, 0.2) is 0 Å². The second-order valence-corrected chi connectivity index (χ2v) is 5.19.